The molecule has 1 atom stereocenters. The Morgan fingerprint density at radius 3 is 2.76 bits per heavy atom. The summed E-state index contributed by atoms with van der Waals surface area (Å²) in [7, 11) is 0. The van der Waals surface area contributed by atoms with Crippen molar-refractivity contribution < 1.29 is 4.92 Å². The minimum atomic E-state index is -0.322. The zero-order valence-electron chi connectivity index (χ0n) is 11.9. The second-order valence-corrected chi connectivity index (χ2v) is 6.32. The molecule has 0 fully saturated rings. The third kappa shape index (κ3) is 2.61. The van der Waals surface area contributed by atoms with Gasteiger partial charge in [0.25, 0.3) is 5.69 Å². The van der Waals surface area contributed by atoms with Gasteiger partial charge < -0.3 is 5.32 Å². The average Bonchev–Trinajstić information content (AvgIpc) is 2.85. The van der Waals surface area contributed by atoms with Crippen LogP contribution in [-0.2, 0) is 0 Å². The van der Waals surface area contributed by atoms with E-state index in [0.29, 0.717) is 5.56 Å². The van der Waals surface area contributed by atoms with Gasteiger partial charge in [0.05, 0.1) is 11.0 Å². The number of hydrogen-bond donors (Lipinski definition) is 1. The Bertz CT molecular complexity index is 715. The topological polar surface area (TPSA) is 55.2 Å². The molecule has 0 radical (unpaired) electrons. The number of rotatable bonds is 3. The van der Waals surface area contributed by atoms with Crippen molar-refractivity contribution in [3.05, 3.63) is 63.2 Å². The van der Waals surface area contributed by atoms with E-state index >= 15 is 0 Å². The molecule has 5 heteroatoms. The molecule has 1 unspecified atom stereocenters. The van der Waals surface area contributed by atoms with E-state index in [-0.39, 0.29) is 16.7 Å². The maximum Gasteiger partial charge on any atom is 0.274 e. The molecule has 0 spiro atoms. The highest BCUT2D eigenvalue weighted by atomic mass is 32.2. The summed E-state index contributed by atoms with van der Waals surface area (Å²) in [5.41, 5.74) is 4.01. The number of hydrogen-bond acceptors (Lipinski definition) is 4. The van der Waals surface area contributed by atoms with Crippen molar-refractivity contribution in [3.63, 3.8) is 0 Å². The number of fused-ring (bicyclic) bond motifs is 1. The van der Waals surface area contributed by atoms with Crippen LogP contribution in [0.25, 0.3) is 0 Å². The van der Waals surface area contributed by atoms with Crippen LogP contribution in [0.4, 0.5) is 11.4 Å². The zero-order valence-corrected chi connectivity index (χ0v) is 12.7. The maximum atomic E-state index is 11.1. The summed E-state index contributed by atoms with van der Waals surface area (Å²) in [5.74, 6) is 0.945. The monoisotopic (exact) mass is 300 g/mol. The van der Waals surface area contributed by atoms with E-state index in [0.717, 1.165) is 17.0 Å². The molecular formula is C16H16N2O2S. The van der Waals surface area contributed by atoms with Crippen LogP contribution < -0.4 is 5.32 Å². The van der Waals surface area contributed by atoms with Crippen molar-refractivity contribution in [2.45, 2.75) is 24.8 Å². The molecule has 108 valence electrons. The molecule has 1 N–H and O–H groups in total. The molecule has 1 aliphatic rings. The van der Waals surface area contributed by atoms with E-state index in [1.54, 1.807) is 13.0 Å². The number of nitrogens with one attached hydrogen (secondary N) is 1. The van der Waals surface area contributed by atoms with Crippen LogP contribution in [0.5, 0.6) is 0 Å². The highest BCUT2D eigenvalue weighted by Crippen LogP contribution is 2.40. The fourth-order valence-electron chi connectivity index (χ4n) is 2.66. The van der Waals surface area contributed by atoms with E-state index < -0.39 is 0 Å². The van der Waals surface area contributed by atoms with Crippen LogP contribution in [-0.4, -0.2) is 10.7 Å². The smallest absolute Gasteiger partial charge is 0.274 e. The molecule has 4 nitrogen and oxygen atoms in total. The summed E-state index contributed by atoms with van der Waals surface area (Å²) in [5, 5.41) is 14.6. The lowest BCUT2D eigenvalue weighted by Gasteiger charge is -2.17. The van der Waals surface area contributed by atoms with Crippen molar-refractivity contribution in [2.24, 2.45) is 0 Å². The highest BCUT2D eigenvalue weighted by molar-refractivity contribution is 7.99. The number of aryl methyl sites for hydroxylation is 2. The van der Waals surface area contributed by atoms with Crippen molar-refractivity contribution >= 4 is 23.1 Å². The van der Waals surface area contributed by atoms with Crippen LogP contribution in [0.15, 0.2) is 41.3 Å². The SMILES string of the molecule is Cc1cc(C)c([N+](=O)[O-])cc1NC1CSc2ccccc21. The summed E-state index contributed by atoms with van der Waals surface area (Å²) in [6.07, 6.45) is 0. The zero-order chi connectivity index (χ0) is 15.0. The summed E-state index contributed by atoms with van der Waals surface area (Å²) < 4.78 is 0. The number of nitro benzene ring substituents is 1. The molecule has 0 aromatic heterocycles. The molecule has 0 saturated carbocycles. The second kappa shape index (κ2) is 5.41. The summed E-state index contributed by atoms with van der Waals surface area (Å²) in [6, 6.07) is 12.0. The molecule has 0 aliphatic carbocycles. The van der Waals surface area contributed by atoms with E-state index in [1.807, 2.05) is 36.9 Å². The van der Waals surface area contributed by atoms with E-state index in [4.69, 9.17) is 0 Å². The third-order valence-electron chi connectivity index (χ3n) is 3.77. The molecule has 3 rings (SSSR count). The average molecular weight is 300 g/mol. The summed E-state index contributed by atoms with van der Waals surface area (Å²) in [6.45, 7) is 3.75. The van der Waals surface area contributed by atoms with E-state index in [1.165, 1.54) is 10.5 Å². The van der Waals surface area contributed by atoms with Crippen LogP contribution >= 0.6 is 11.8 Å². The fraction of sp³-hybridized carbons (Fsp3) is 0.250. The molecule has 0 bridgehead atoms. The first kappa shape index (κ1) is 13.9. The molecule has 2 aromatic carbocycles. The largest absolute Gasteiger partial charge is 0.377 e. The Morgan fingerprint density at radius 2 is 2.00 bits per heavy atom. The van der Waals surface area contributed by atoms with Crippen LogP contribution in [0.2, 0.25) is 0 Å². The number of nitro groups is 1. The van der Waals surface area contributed by atoms with Gasteiger partial charge in [-0.1, -0.05) is 18.2 Å². The van der Waals surface area contributed by atoms with Crippen molar-refractivity contribution in [1.29, 1.82) is 0 Å². The van der Waals surface area contributed by atoms with Crippen molar-refractivity contribution in [1.82, 2.24) is 0 Å². The fourth-order valence-corrected chi connectivity index (χ4v) is 3.82. The quantitative estimate of drug-likeness (QED) is 0.671. The van der Waals surface area contributed by atoms with Crippen LogP contribution in [0.1, 0.15) is 22.7 Å². The van der Waals surface area contributed by atoms with E-state index in [9.17, 15) is 10.1 Å². The van der Waals surface area contributed by atoms with Gasteiger partial charge in [0.2, 0.25) is 0 Å². The summed E-state index contributed by atoms with van der Waals surface area (Å²) in [4.78, 5) is 12.1. The number of thioether (sulfide) groups is 1. The van der Waals surface area contributed by atoms with Crippen molar-refractivity contribution in [2.75, 3.05) is 11.1 Å². The van der Waals surface area contributed by atoms with Gasteiger partial charge in [0.1, 0.15) is 0 Å². The first-order chi connectivity index (χ1) is 10.1. The van der Waals surface area contributed by atoms with Gasteiger partial charge >= 0.3 is 0 Å². The Labute approximate surface area is 127 Å². The van der Waals surface area contributed by atoms with Crippen LogP contribution in [0, 0.1) is 24.0 Å². The van der Waals surface area contributed by atoms with Gasteiger partial charge in [-0.2, -0.15) is 0 Å². The highest BCUT2D eigenvalue weighted by Gasteiger charge is 2.24. The van der Waals surface area contributed by atoms with Gasteiger partial charge in [-0.3, -0.25) is 10.1 Å². The lowest BCUT2D eigenvalue weighted by atomic mass is 10.1. The molecule has 0 saturated heterocycles. The minimum absolute atomic E-state index is 0.169. The Morgan fingerprint density at radius 1 is 1.24 bits per heavy atom. The molecule has 2 aromatic rings. The third-order valence-corrected chi connectivity index (χ3v) is 4.95. The van der Waals surface area contributed by atoms with Gasteiger partial charge in [0, 0.05) is 28.0 Å². The number of benzene rings is 2. The van der Waals surface area contributed by atoms with Gasteiger partial charge in [0.15, 0.2) is 0 Å². The minimum Gasteiger partial charge on any atom is -0.377 e. The summed E-state index contributed by atoms with van der Waals surface area (Å²) >= 11 is 1.82. The van der Waals surface area contributed by atoms with Gasteiger partial charge in [-0.15, -0.1) is 11.8 Å². The lowest BCUT2D eigenvalue weighted by molar-refractivity contribution is -0.385. The second-order valence-electron chi connectivity index (χ2n) is 5.26. The molecule has 1 aliphatic heterocycles. The molecule has 21 heavy (non-hydrogen) atoms. The Hall–Kier alpha value is -2.01. The predicted octanol–water partition coefficient (Wildman–Crippen LogP) is 4.47. The lowest BCUT2D eigenvalue weighted by Crippen LogP contribution is -2.11. The maximum absolute atomic E-state index is 11.1. The van der Waals surface area contributed by atoms with Gasteiger partial charge in [-0.25, -0.2) is 0 Å². The Balaban J connectivity index is 1.93. The molecule has 0 amide bonds. The number of nitrogens with zero attached hydrogens (tertiary/aromatic N) is 1. The molecule has 1 heterocycles. The normalized spacial score (nSPS) is 16.6. The van der Waals surface area contributed by atoms with Crippen molar-refractivity contribution in [3.8, 4) is 0 Å². The molecular weight excluding hydrogens is 284 g/mol. The van der Waals surface area contributed by atoms with E-state index in [2.05, 4.69) is 17.4 Å². The first-order valence-electron chi connectivity index (χ1n) is 6.80. The standard InChI is InChI=1S/C16H16N2O2S/c1-10-7-11(2)15(18(19)20)8-13(10)17-14-9-21-16-6-4-3-5-12(14)16/h3-8,14,17H,9H2,1-2H3. The van der Waals surface area contributed by atoms with Crippen LogP contribution in [0.3, 0.4) is 0 Å². The first-order valence-corrected chi connectivity index (χ1v) is 7.78. The Kier molecular flexibility index (Phi) is 3.59. The van der Waals surface area contributed by atoms with Gasteiger partial charge in [-0.05, 0) is 37.1 Å². The predicted molar refractivity (Wildman–Crippen MR) is 86.1 cm³/mol. The number of anilines is 1.